The summed E-state index contributed by atoms with van der Waals surface area (Å²) in [7, 11) is 0. The maximum Gasteiger partial charge on any atom is 0.272 e. The van der Waals surface area contributed by atoms with Crippen LogP contribution in [0.2, 0.25) is 0 Å². The van der Waals surface area contributed by atoms with Crippen molar-refractivity contribution in [3.8, 4) is 0 Å². The van der Waals surface area contributed by atoms with Crippen molar-refractivity contribution in [2.45, 2.75) is 12.2 Å². The average molecular weight is 245 g/mol. The van der Waals surface area contributed by atoms with Crippen LogP contribution in [0.3, 0.4) is 0 Å². The molecule has 0 amide bonds. The molecule has 1 rings (SSSR count). The van der Waals surface area contributed by atoms with Gasteiger partial charge in [0.1, 0.15) is 6.10 Å². The van der Waals surface area contributed by atoms with Gasteiger partial charge in [-0.05, 0) is 0 Å². The Labute approximate surface area is 95.6 Å². The van der Waals surface area contributed by atoms with Gasteiger partial charge in [-0.3, -0.25) is 10.1 Å². The number of nitrogens with two attached hydrogens (primary N) is 2. The van der Waals surface area contributed by atoms with Gasteiger partial charge in [0.05, 0.1) is 22.8 Å². The van der Waals surface area contributed by atoms with Gasteiger partial charge in [-0.25, -0.2) is 4.39 Å². The summed E-state index contributed by atoms with van der Waals surface area (Å²) in [6, 6.07) is 1.54. The Morgan fingerprint density at radius 2 is 2.06 bits per heavy atom. The normalized spacial score (nSPS) is 14.4. The van der Waals surface area contributed by atoms with Crippen molar-refractivity contribution >= 4 is 11.4 Å². The number of nitro groups is 1. The summed E-state index contributed by atoms with van der Waals surface area (Å²) >= 11 is 0. The second-order valence-corrected chi connectivity index (χ2v) is 3.44. The van der Waals surface area contributed by atoms with Crippen LogP contribution in [-0.2, 0) is 0 Å². The molecule has 0 aliphatic heterocycles. The number of rotatable bonds is 4. The van der Waals surface area contributed by atoms with Crippen molar-refractivity contribution in [2.24, 2.45) is 5.73 Å². The molecule has 1 aromatic rings. The first kappa shape index (κ1) is 13.3. The Morgan fingerprint density at radius 1 is 1.47 bits per heavy atom. The topological polar surface area (TPSA) is 136 Å². The molecular weight excluding hydrogens is 233 g/mol. The predicted octanol–water partition coefficient (Wildman–Crippen LogP) is -0.331. The monoisotopic (exact) mass is 245 g/mol. The summed E-state index contributed by atoms with van der Waals surface area (Å²) in [4.78, 5) is 9.68. The van der Waals surface area contributed by atoms with Crippen molar-refractivity contribution < 1.29 is 19.5 Å². The van der Waals surface area contributed by atoms with Crippen molar-refractivity contribution in [1.29, 1.82) is 0 Å². The number of benzene rings is 1. The van der Waals surface area contributed by atoms with E-state index in [4.69, 9.17) is 11.5 Å². The molecule has 0 aromatic heterocycles. The van der Waals surface area contributed by atoms with Crippen molar-refractivity contribution in [3.05, 3.63) is 33.6 Å². The number of halogens is 1. The highest BCUT2D eigenvalue weighted by atomic mass is 19.1. The fourth-order valence-corrected chi connectivity index (χ4v) is 1.31. The van der Waals surface area contributed by atoms with Crippen LogP contribution >= 0.6 is 0 Å². The lowest BCUT2D eigenvalue weighted by Crippen LogP contribution is -2.28. The van der Waals surface area contributed by atoms with E-state index in [0.29, 0.717) is 6.07 Å². The molecule has 0 fully saturated rings. The number of hydrogen-bond donors (Lipinski definition) is 4. The van der Waals surface area contributed by atoms with Gasteiger partial charge in [-0.15, -0.1) is 0 Å². The highest BCUT2D eigenvalue weighted by molar-refractivity contribution is 5.55. The highest BCUT2D eigenvalue weighted by Gasteiger charge is 2.24. The number of aliphatic hydroxyl groups excluding tert-OH is 2. The standard InChI is InChI=1S/C9H12FN3O4/c10-6-2-4(13(16)17)1-5(8(6)12)9(15)7(14)3-11/h1-2,7,9,14-15H,3,11-12H2. The first-order valence-electron chi connectivity index (χ1n) is 4.68. The van der Waals surface area contributed by atoms with E-state index in [-0.39, 0.29) is 12.1 Å². The second-order valence-electron chi connectivity index (χ2n) is 3.44. The minimum absolute atomic E-state index is 0.255. The number of hydrogen-bond acceptors (Lipinski definition) is 6. The van der Waals surface area contributed by atoms with Gasteiger partial charge in [0.25, 0.3) is 5.69 Å². The molecule has 7 nitrogen and oxygen atoms in total. The van der Waals surface area contributed by atoms with Crippen molar-refractivity contribution in [3.63, 3.8) is 0 Å². The smallest absolute Gasteiger partial charge is 0.272 e. The molecule has 0 saturated heterocycles. The van der Waals surface area contributed by atoms with Crippen LogP contribution in [0.5, 0.6) is 0 Å². The van der Waals surface area contributed by atoms with Gasteiger partial charge in [-0.2, -0.15) is 0 Å². The number of non-ortho nitro benzene ring substituents is 1. The Morgan fingerprint density at radius 3 is 2.53 bits per heavy atom. The zero-order valence-electron chi connectivity index (χ0n) is 8.71. The predicted molar refractivity (Wildman–Crippen MR) is 57.5 cm³/mol. The Bertz CT molecular complexity index is 440. The van der Waals surface area contributed by atoms with E-state index in [2.05, 4.69) is 0 Å². The highest BCUT2D eigenvalue weighted by Crippen LogP contribution is 2.29. The fraction of sp³-hybridized carbons (Fsp3) is 0.333. The fourth-order valence-electron chi connectivity index (χ4n) is 1.31. The zero-order chi connectivity index (χ0) is 13.2. The molecule has 0 bridgehead atoms. The van der Waals surface area contributed by atoms with E-state index in [0.717, 1.165) is 6.07 Å². The first-order chi connectivity index (χ1) is 7.88. The van der Waals surface area contributed by atoms with Gasteiger partial charge in [0.15, 0.2) is 5.82 Å². The van der Waals surface area contributed by atoms with E-state index < -0.39 is 34.3 Å². The molecule has 94 valence electrons. The second kappa shape index (κ2) is 5.04. The molecule has 0 radical (unpaired) electrons. The number of nitrogen functional groups attached to an aromatic ring is 1. The molecule has 0 aliphatic rings. The first-order valence-corrected chi connectivity index (χ1v) is 4.68. The van der Waals surface area contributed by atoms with E-state index >= 15 is 0 Å². The molecule has 0 spiro atoms. The van der Waals surface area contributed by atoms with Gasteiger partial charge in [-0.1, -0.05) is 0 Å². The van der Waals surface area contributed by atoms with E-state index in [1.165, 1.54) is 0 Å². The number of anilines is 1. The molecule has 2 atom stereocenters. The Kier molecular flexibility index (Phi) is 3.94. The van der Waals surface area contributed by atoms with Crippen LogP contribution in [0.1, 0.15) is 11.7 Å². The van der Waals surface area contributed by atoms with Gasteiger partial charge in [0.2, 0.25) is 0 Å². The molecule has 0 heterocycles. The van der Waals surface area contributed by atoms with Gasteiger partial charge in [0, 0.05) is 18.2 Å². The van der Waals surface area contributed by atoms with Crippen molar-refractivity contribution in [1.82, 2.24) is 0 Å². The SMILES string of the molecule is NCC(O)C(O)c1cc([N+](=O)[O-])cc(F)c1N. The number of nitro benzene ring substituents is 1. The minimum atomic E-state index is -1.57. The third-order valence-electron chi connectivity index (χ3n) is 2.28. The maximum absolute atomic E-state index is 13.3. The summed E-state index contributed by atoms with van der Waals surface area (Å²) in [5, 5.41) is 29.4. The van der Waals surface area contributed by atoms with E-state index in [9.17, 15) is 24.7 Å². The summed E-state index contributed by atoms with van der Waals surface area (Å²) in [6.07, 6.45) is -2.95. The van der Waals surface area contributed by atoms with Crippen LogP contribution in [0.4, 0.5) is 15.8 Å². The molecule has 17 heavy (non-hydrogen) atoms. The molecule has 6 N–H and O–H groups in total. The van der Waals surface area contributed by atoms with E-state index in [1.807, 2.05) is 0 Å². The van der Waals surface area contributed by atoms with Crippen LogP contribution in [0, 0.1) is 15.9 Å². The van der Waals surface area contributed by atoms with E-state index in [1.54, 1.807) is 0 Å². The Balaban J connectivity index is 3.27. The summed E-state index contributed by atoms with van der Waals surface area (Å²) in [5.74, 6) is -1.03. The van der Waals surface area contributed by atoms with Gasteiger partial charge < -0.3 is 21.7 Å². The minimum Gasteiger partial charge on any atom is -0.396 e. The largest absolute Gasteiger partial charge is 0.396 e. The number of aliphatic hydroxyl groups is 2. The van der Waals surface area contributed by atoms with Gasteiger partial charge >= 0.3 is 0 Å². The summed E-state index contributed by atoms with van der Waals surface area (Å²) in [6.45, 7) is -0.287. The molecule has 0 aliphatic carbocycles. The Hall–Kier alpha value is -1.77. The third kappa shape index (κ3) is 2.67. The van der Waals surface area contributed by atoms with Crippen LogP contribution in [0.15, 0.2) is 12.1 Å². The average Bonchev–Trinajstić information content (AvgIpc) is 2.30. The summed E-state index contributed by atoms with van der Waals surface area (Å²) < 4.78 is 13.3. The van der Waals surface area contributed by atoms with Crippen molar-refractivity contribution in [2.75, 3.05) is 12.3 Å². The maximum atomic E-state index is 13.3. The van der Waals surface area contributed by atoms with Crippen LogP contribution in [-0.4, -0.2) is 27.8 Å². The zero-order valence-corrected chi connectivity index (χ0v) is 8.71. The molecular formula is C9H12FN3O4. The molecule has 8 heteroatoms. The quantitative estimate of drug-likeness (QED) is 0.326. The summed E-state index contributed by atoms with van der Waals surface area (Å²) in [5.41, 5.74) is 9.19. The molecule has 2 unspecified atom stereocenters. The number of nitrogens with zero attached hydrogens (tertiary/aromatic N) is 1. The lowest BCUT2D eigenvalue weighted by molar-refractivity contribution is -0.385. The molecule has 1 aromatic carbocycles. The molecule has 0 saturated carbocycles. The lowest BCUT2D eigenvalue weighted by Gasteiger charge is -2.18. The lowest BCUT2D eigenvalue weighted by atomic mass is 10.0. The third-order valence-corrected chi connectivity index (χ3v) is 2.28. The van der Waals surface area contributed by atoms with Crippen LogP contribution in [0.25, 0.3) is 0 Å². The van der Waals surface area contributed by atoms with Crippen LogP contribution < -0.4 is 11.5 Å².